The summed E-state index contributed by atoms with van der Waals surface area (Å²) in [6.07, 6.45) is 4.52. The fourth-order valence-corrected chi connectivity index (χ4v) is 2.04. The first-order valence-electron chi connectivity index (χ1n) is 6.36. The molecular formula is C13H17N3O3. The first kappa shape index (κ1) is 13.5. The van der Waals surface area contributed by atoms with Gasteiger partial charge in [-0.2, -0.15) is 0 Å². The number of nitrogens with zero attached hydrogens (tertiary/aromatic N) is 1. The Bertz CT molecular complexity index is 453. The number of carboxylic acids is 1. The molecule has 0 bridgehead atoms. The van der Waals surface area contributed by atoms with Crippen LogP contribution < -0.4 is 10.6 Å². The van der Waals surface area contributed by atoms with Crippen LogP contribution in [0.4, 0.5) is 0 Å². The Kier molecular flexibility index (Phi) is 4.46. The second kappa shape index (κ2) is 6.29. The first-order chi connectivity index (χ1) is 9.16. The van der Waals surface area contributed by atoms with E-state index in [2.05, 4.69) is 15.6 Å². The van der Waals surface area contributed by atoms with Crippen molar-refractivity contribution in [3.8, 4) is 0 Å². The molecule has 1 fully saturated rings. The molecule has 6 heteroatoms. The van der Waals surface area contributed by atoms with Crippen molar-refractivity contribution < 1.29 is 14.7 Å². The zero-order valence-corrected chi connectivity index (χ0v) is 10.6. The standard InChI is InChI=1S/C13H17N3O3/c17-12(10-3-1-2-6-14-10)16-8-9-4-5-11(13(18)19)15-7-9/h4-5,7,10,14H,1-3,6,8H2,(H,16,17)(H,18,19). The Hall–Kier alpha value is -1.95. The summed E-state index contributed by atoms with van der Waals surface area (Å²) in [5.74, 6) is -1.07. The summed E-state index contributed by atoms with van der Waals surface area (Å²) < 4.78 is 0. The number of piperidine rings is 1. The fourth-order valence-electron chi connectivity index (χ4n) is 2.04. The van der Waals surface area contributed by atoms with E-state index in [-0.39, 0.29) is 17.6 Å². The molecule has 2 rings (SSSR count). The zero-order chi connectivity index (χ0) is 13.7. The molecule has 0 spiro atoms. The highest BCUT2D eigenvalue weighted by molar-refractivity contribution is 5.85. The highest BCUT2D eigenvalue weighted by atomic mass is 16.4. The van der Waals surface area contributed by atoms with Crippen molar-refractivity contribution in [2.24, 2.45) is 0 Å². The molecule has 0 aliphatic carbocycles. The van der Waals surface area contributed by atoms with Crippen LogP contribution in [0.25, 0.3) is 0 Å². The minimum Gasteiger partial charge on any atom is -0.477 e. The van der Waals surface area contributed by atoms with Gasteiger partial charge >= 0.3 is 5.97 Å². The lowest BCUT2D eigenvalue weighted by molar-refractivity contribution is -0.123. The second-order valence-corrected chi connectivity index (χ2v) is 4.58. The molecule has 6 nitrogen and oxygen atoms in total. The minimum atomic E-state index is -1.05. The van der Waals surface area contributed by atoms with E-state index in [1.807, 2.05) is 0 Å². The summed E-state index contributed by atoms with van der Waals surface area (Å²) in [5.41, 5.74) is 0.790. The van der Waals surface area contributed by atoms with Gasteiger partial charge in [-0.05, 0) is 31.0 Å². The summed E-state index contributed by atoms with van der Waals surface area (Å²) in [6.45, 7) is 1.25. The Labute approximate surface area is 111 Å². The number of hydrogen-bond donors (Lipinski definition) is 3. The quantitative estimate of drug-likeness (QED) is 0.737. The molecule has 1 aliphatic heterocycles. The van der Waals surface area contributed by atoms with Crippen molar-refractivity contribution in [2.75, 3.05) is 6.54 Å². The van der Waals surface area contributed by atoms with Crippen LogP contribution in [0.5, 0.6) is 0 Å². The summed E-state index contributed by atoms with van der Waals surface area (Å²) in [5, 5.41) is 14.7. The van der Waals surface area contributed by atoms with Crippen LogP contribution in [0.2, 0.25) is 0 Å². The van der Waals surface area contributed by atoms with E-state index >= 15 is 0 Å². The molecule has 1 unspecified atom stereocenters. The third kappa shape index (κ3) is 3.75. The van der Waals surface area contributed by atoms with Gasteiger partial charge in [0.2, 0.25) is 5.91 Å². The van der Waals surface area contributed by atoms with E-state index in [1.54, 1.807) is 6.07 Å². The molecule has 102 valence electrons. The number of nitrogens with one attached hydrogen (secondary N) is 2. The average molecular weight is 263 g/mol. The average Bonchev–Trinajstić information content (AvgIpc) is 2.46. The van der Waals surface area contributed by atoms with Gasteiger partial charge in [-0.25, -0.2) is 9.78 Å². The molecule has 0 radical (unpaired) electrons. The largest absolute Gasteiger partial charge is 0.477 e. The van der Waals surface area contributed by atoms with E-state index in [1.165, 1.54) is 12.3 Å². The molecule has 0 aromatic carbocycles. The Morgan fingerprint density at radius 2 is 2.26 bits per heavy atom. The van der Waals surface area contributed by atoms with Crippen LogP contribution in [-0.2, 0) is 11.3 Å². The smallest absolute Gasteiger partial charge is 0.354 e. The topological polar surface area (TPSA) is 91.3 Å². The third-order valence-electron chi connectivity index (χ3n) is 3.14. The monoisotopic (exact) mass is 263 g/mol. The number of aromatic nitrogens is 1. The SMILES string of the molecule is O=C(O)c1ccc(CNC(=O)C2CCCCN2)cn1. The van der Waals surface area contributed by atoms with E-state index < -0.39 is 5.97 Å². The molecule has 2 heterocycles. The number of carboxylic acid groups (broad SMARTS) is 1. The van der Waals surface area contributed by atoms with Crippen LogP contribution in [0, 0.1) is 0 Å². The highest BCUT2D eigenvalue weighted by Crippen LogP contribution is 2.07. The molecule has 1 saturated heterocycles. The van der Waals surface area contributed by atoms with Gasteiger partial charge in [-0.15, -0.1) is 0 Å². The number of carbonyl (C=O) groups excluding carboxylic acids is 1. The van der Waals surface area contributed by atoms with Crippen LogP contribution in [0.15, 0.2) is 18.3 Å². The molecule has 1 aliphatic rings. The van der Waals surface area contributed by atoms with E-state index in [0.717, 1.165) is 31.4 Å². The summed E-state index contributed by atoms with van der Waals surface area (Å²) in [7, 11) is 0. The van der Waals surface area contributed by atoms with E-state index in [9.17, 15) is 9.59 Å². The van der Waals surface area contributed by atoms with Crippen LogP contribution in [-0.4, -0.2) is 34.6 Å². The lowest BCUT2D eigenvalue weighted by Gasteiger charge is -2.22. The van der Waals surface area contributed by atoms with Gasteiger partial charge in [0.05, 0.1) is 6.04 Å². The molecule has 19 heavy (non-hydrogen) atoms. The molecule has 3 N–H and O–H groups in total. The van der Waals surface area contributed by atoms with E-state index in [0.29, 0.717) is 6.54 Å². The first-order valence-corrected chi connectivity index (χ1v) is 6.36. The van der Waals surface area contributed by atoms with Crippen LogP contribution in [0.3, 0.4) is 0 Å². The van der Waals surface area contributed by atoms with Gasteiger partial charge in [0, 0.05) is 12.7 Å². The lowest BCUT2D eigenvalue weighted by Crippen LogP contribution is -2.46. The van der Waals surface area contributed by atoms with Gasteiger partial charge in [-0.1, -0.05) is 12.5 Å². The minimum absolute atomic E-state index is 0.00373. The maximum Gasteiger partial charge on any atom is 0.354 e. The van der Waals surface area contributed by atoms with Crippen molar-refractivity contribution in [1.29, 1.82) is 0 Å². The fraction of sp³-hybridized carbons (Fsp3) is 0.462. The maximum absolute atomic E-state index is 11.9. The van der Waals surface area contributed by atoms with Crippen molar-refractivity contribution in [1.82, 2.24) is 15.6 Å². The van der Waals surface area contributed by atoms with Crippen molar-refractivity contribution >= 4 is 11.9 Å². The molecule has 1 amide bonds. The number of hydrogen-bond acceptors (Lipinski definition) is 4. The summed E-state index contributed by atoms with van der Waals surface area (Å²) in [4.78, 5) is 26.3. The lowest BCUT2D eigenvalue weighted by atomic mass is 10.0. The molecule has 1 aromatic heterocycles. The highest BCUT2D eigenvalue weighted by Gasteiger charge is 2.19. The Balaban J connectivity index is 1.84. The van der Waals surface area contributed by atoms with Gasteiger partial charge in [0.25, 0.3) is 0 Å². The molecule has 1 aromatic rings. The number of carbonyl (C=O) groups is 2. The number of rotatable bonds is 4. The van der Waals surface area contributed by atoms with Gasteiger partial charge in [0.1, 0.15) is 5.69 Å². The number of aromatic carboxylic acids is 1. The van der Waals surface area contributed by atoms with Gasteiger partial charge in [0.15, 0.2) is 0 Å². The Morgan fingerprint density at radius 3 is 2.84 bits per heavy atom. The summed E-state index contributed by atoms with van der Waals surface area (Å²) >= 11 is 0. The van der Waals surface area contributed by atoms with Crippen LogP contribution in [0.1, 0.15) is 35.3 Å². The molecule has 0 saturated carbocycles. The second-order valence-electron chi connectivity index (χ2n) is 4.58. The van der Waals surface area contributed by atoms with Crippen LogP contribution >= 0.6 is 0 Å². The molecule has 1 atom stereocenters. The molecular weight excluding hydrogens is 246 g/mol. The predicted molar refractivity (Wildman–Crippen MR) is 68.7 cm³/mol. The number of amides is 1. The van der Waals surface area contributed by atoms with Gasteiger partial charge in [-0.3, -0.25) is 4.79 Å². The Morgan fingerprint density at radius 1 is 1.42 bits per heavy atom. The van der Waals surface area contributed by atoms with Crippen molar-refractivity contribution in [3.63, 3.8) is 0 Å². The van der Waals surface area contributed by atoms with E-state index in [4.69, 9.17) is 5.11 Å². The third-order valence-corrected chi connectivity index (χ3v) is 3.14. The van der Waals surface area contributed by atoms with Crippen molar-refractivity contribution in [2.45, 2.75) is 31.8 Å². The maximum atomic E-state index is 11.9. The summed E-state index contributed by atoms with van der Waals surface area (Å²) in [6, 6.07) is 2.98. The normalized spacial score (nSPS) is 18.8. The number of pyridine rings is 1. The van der Waals surface area contributed by atoms with Crippen molar-refractivity contribution in [3.05, 3.63) is 29.6 Å². The zero-order valence-electron chi connectivity index (χ0n) is 10.6. The van der Waals surface area contributed by atoms with Gasteiger partial charge < -0.3 is 15.7 Å². The predicted octanol–water partition coefficient (Wildman–Crippen LogP) is 0.538.